The maximum Gasteiger partial charge on any atom is 0.417 e. The van der Waals surface area contributed by atoms with E-state index in [9.17, 15) is 18.0 Å². The van der Waals surface area contributed by atoms with E-state index in [2.05, 4.69) is 0 Å². The first-order chi connectivity index (χ1) is 7.27. The highest BCUT2D eigenvalue weighted by Gasteiger charge is 2.36. The second-order valence-corrected chi connectivity index (χ2v) is 3.17. The highest BCUT2D eigenvalue weighted by molar-refractivity contribution is 5.90. The quantitative estimate of drug-likeness (QED) is 0.855. The average molecular weight is 234 g/mol. The van der Waals surface area contributed by atoms with Gasteiger partial charge in [-0.25, -0.2) is 4.79 Å². The number of carboxylic acids is 1. The minimum atomic E-state index is -4.69. The third-order valence-corrected chi connectivity index (χ3v) is 2.07. The Kier molecular flexibility index (Phi) is 3.11. The van der Waals surface area contributed by atoms with Crippen LogP contribution in [0.1, 0.15) is 21.5 Å². The summed E-state index contributed by atoms with van der Waals surface area (Å²) in [5.41, 5.74) is -1.74. The molecule has 88 valence electrons. The molecule has 0 spiro atoms. The van der Waals surface area contributed by atoms with Crippen molar-refractivity contribution in [2.75, 3.05) is 7.11 Å². The Balaban J connectivity index is 3.49. The van der Waals surface area contributed by atoms with Crippen LogP contribution in [0.3, 0.4) is 0 Å². The molecule has 0 unspecified atom stereocenters. The van der Waals surface area contributed by atoms with Crippen LogP contribution in [0.2, 0.25) is 0 Å². The van der Waals surface area contributed by atoms with Gasteiger partial charge in [0.2, 0.25) is 0 Å². The van der Waals surface area contributed by atoms with Gasteiger partial charge < -0.3 is 9.84 Å². The molecule has 0 fully saturated rings. The van der Waals surface area contributed by atoms with E-state index in [1.165, 1.54) is 14.0 Å². The van der Waals surface area contributed by atoms with Crippen LogP contribution in [0.5, 0.6) is 5.75 Å². The standard InChI is InChI=1S/C10H9F3O3/c1-5-3-7(10(11,12)13)6(9(14)15)4-8(5)16-2/h3-4H,1-2H3,(H,14,15). The van der Waals surface area contributed by atoms with Crippen molar-refractivity contribution in [1.82, 2.24) is 0 Å². The second kappa shape index (κ2) is 4.03. The van der Waals surface area contributed by atoms with E-state index < -0.39 is 23.3 Å². The monoisotopic (exact) mass is 234 g/mol. The SMILES string of the molecule is COc1cc(C(=O)O)c(C(F)(F)F)cc1C. The van der Waals surface area contributed by atoms with Crippen molar-refractivity contribution in [3.63, 3.8) is 0 Å². The van der Waals surface area contributed by atoms with Crippen molar-refractivity contribution < 1.29 is 27.8 Å². The molecule has 0 saturated heterocycles. The van der Waals surface area contributed by atoms with Gasteiger partial charge in [0.05, 0.1) is 18.2 Å². The van der Waals surface area contributed by atoms with E-state index in [1.54, 1.807) is 0 Å². The molecule has 1 aromatic rings. The van der Waals surface area contributed by atoms with Gasteiger partial charge in [-0.15, -0.1) is 0 Å². The van der Waals surface area contributed by atoms with Gasteiger partial charge in [0.1, 0.15) is 5.75 Å². The number of carboxylic acid groups (broad SMARTS) is 1. The summed E-state index contributed by atoms with van der Waals surface area (Å²) in [6.45, 7) is 1.42. The van der Waals surface area contributed by atoms with Gasteiger partial charge in [0.25, 0.3) is 0 Å². The summed E-state index contributed by atoms with van der Waals surface area (Å²) >= 11 is 0. The molecular weight excluding hydrogens is 225 g/mol. The fraction of sp³-hybridized carbons (Fsp3) is 0.300. The Morgan fingerprint density at radius 1 is 1.38 bits per heavy atom. The van der Waals surface area contributed by atoms with Crippen molar-refractivity contribution in [3.05, 3.63) is 28.8 Å². The van der Waals surface area contributed by atoms with Crippen LogP contribution in [0.25, 0.3) is 0 Å². The molecule has 0 aromatic heterocycles. The van der Waals surface area contributed by atoms with Crippen molar-refractivity contribution in [2.24, 2.45) is 0 Å². The zero-order valence-electron chi connectivity index (χ0n) is 8.55. The third-order valence-electron chi connectivity index (χ3n) is 2.07. The molecule has 0 aliphatic heterocycles. The Morgan fingerprint density at radius 3 is 2.31 bits per heavy atom. The number of halogens is 3. The van der Waals surface area contributed by atoms with Crippen molar-refractivity contribution >= 4 is 5.97 Å². The van der Waals surface area contributed by atoms with Crippen molar-refractivity contribution in [3.8, 4) is 5.75 Å². The fourth-order valence-electron chi connectivity index (χ4n) is 1.32. The number of alkyl halides is 3. The van der Waals surface area contributed by atoms with Gasteiger partial charge in [-0.1, -0.05) is 0 Å². The highest BCUT2D eigenvalue weighted by atomic mass is 19.4. The average Bonchev–Trinajstić information content (AvgIpc) is 2.15. The molecule has 0 aliphatic rings. The lowest BCUT2D eigenvalue weighted by atomic mass is 10.0. The number of methoxy groups -OCH3 is 1. The minimum absolute atomic E-state index is 0.116. The lowest BCUT2D eigenvalue weighted by Gasteiger charge is -2.13. The van der Waals surface area contributed by atoms with Crippen LogP contribution in [0.15, 0.2) is 12.1 Å². The number of aromatic carboxylic acids is 1. The summed E-state index contributed by atoms with van der Waals surface area (Å²) in [4.78, 5) is 10.7. The van der Waals surface area contributed by atoms with Crippen molar-refractivity contribution in [1.29, 1.82) is 0 Å². The maximum atomic E-state index is 12.5. The number of aryl methyl sites for hydroxylation is 1. The number of hydrogen-bond acceptors (Lipinski definition) is 2. The molecule has 16 heavy (non-hydrogen) atoms. The second-order valence-electron chi connectivity index (χ2n) is 3.17. The molecule has 0 atom stereocenters. The Bertz CT molecular complexity index is 424. The van der Waals surface area contributed by atoms with Gasteiger partial charge in [-0.05, 0) is 24.6 Å². The van der Waals surface area contributed by atoms with Crippen LogP contribution >= 0.6 is 0 Å². The molecule has 0 bridgehead atoms. The summed E-state index contributed by atoms with van der Waals surface area (Å²) in [6, 6.07) is 1.64. The molecular formula is C10H9F3O3. The Labute approximate surface area is 89.5 Å². The predicted molar refractivity (Wildman–Crippen MR) is 49.7 cm³/mol. The lowest BCUT2D eigenvalue weighted by Crippen LogP contribution is -2.13. The molecule has 1 rings (SSSR count). The highest BCUT2D eigenvalue weighted by Crippen LogP contribution is 2.35. The van der Waals surface area contributed by atoms with E-state index in [1.807, 2.05) is 0 Å². The zero-order valence-corrected chi connectivity index (χ0v) is 8.55. The molecule has 6 heteroatoms. The number of ether oxygens (including phenoxy) is 1. The molecule has 0 heterocycles. The summed E-state index contributed by atoms with van der Waals surface area (Å²) in [5, 5.41) is 8.68. The Morgan fingerprint density at radius 2 is 1.94 bits per heavy atom. The predicted octanol–water partition coefficient (Wildman–Crippen LogP) is 2.72. The van der Waals surface area contributed by atoms with Crippen LogP contribution in [0, 0.1) is 6.92 Å². The van der Waals surface area contributed by atoms with E-state index in [0.717, 1.165) is 12.1 Å². The first-order valence-corrected chi connectivity index (χ1v) is 4.26. The first kappa shape index (κ1) is 12.4. The molecule has 0 amide bonds. The summed E-state index contributed by atoms with van der Waals surface area (Å²) < 4.78 is 42.3. The number of benzene rings is 1. The summed E-state index contributed by atoms with van der Waals surface area (Å²) in [6.07, 6.45) is -4.69. The normalized spacial score (nSPS) is 11.3. The number of rotatable bonds is 2. The maximum absolute atomic E-state index is 12.5. The number of carbonyl (C=O) groups is 1. The van der Waals surface area contributed by atoms with Crippen molar-refractivity contribution in [2.45, 2.75) is 13.1 Å². The smallest absolute Gasteiger partial charge is 0.417 e. The third kappa shape index (κ3) is 2.26. The van der Waals surface area contributed by atoms with Gasteiger partial charge >= 0.3 is 12.1 Å². The molecule has 3 nitrogen and oxygen atoms in total. The molecule has 0 radical (unpaired) electrons. The van der Waals surface area contributed by atoms with Crippen LogP contribution < -0.4 is 4.74 Å². The summed E-state index contributed by atoms with van der Waals surface area (Å²) in [7, 11) is 1.27. The topological polar surface area (TPSA) is 46.5 Å². The van der Waals surface area contributed by atoms with Gasteiger partial charge in [-0.2, -0.15) is 13.2 Å². The van der Waals surface area contributed by atoms with Gasteiger partial charge in [-0.3, -0.25) is 0 Å². The Hall–Kier alpha value is -1.72. The van der Waals surface area contributed by atoms with Crippen LogP contribution in [-0.2, 0) is 6.18 Å². The molecule has 1 N–H and O–H groups in total. The first-order valence-electron chi connectivity index (χ1n) is 4.26. The lowest BCUT2D eigenvalue weighted by molar-refractivity contribution is -0.138. The largest absolute Gasteiger partial charge is 0.496 e. The fourth-order valence-corrected chi connectivity index (χ4v) is 1.32. The zero-order chi connectivity index (χ0) is 12.5. The minimum Gasteiger partial charge on any atom is -0.496 e. The molecule has 0 saturated carbocycles. The molecule has 0 aliphatic carbocycles. The van der Waals surface area contributed by atoms with E-state index >= 15 is 0 Å². The van der Waals surface area contributed by atoms with E-state index in [4.69, 9.17) is 9.84 Å². The van der Waals surface area contributed by atoms with Gasteiger partial charge in [0.15, 0.2) is 0 Å². The van der Waals surface area contributed by atoms with Crippen LogP contribution in [0.4, 0.5) is 13.2 Å². The van der Waals surface area contributed by atoms with E-state index in [-0.39, 0.29) is 11.3 Å². The number of hydrogen-bond donors (Lipinski definition) is 1. The summed E-state index contributed by atoms with van der Waals surface area (Å²) in [5.74, 6) is -1.52. The molecule has 1 aromatic carbocycles. The van der Waals surface area contributed by atoms with Crippen LogP contribution in [-0.4, -0.2) is 18.2 Å². The van der Waals surface area contributed by atoms with Gasteiger partial charge in [0, 0.05) is 0 Å². The van der Waals surface area contributed by atoms with E-state index in [0.29, 0.717) is 0 Å².